The molecule has 1 aliphatic heterocycles. The fraction of sp³-hybridized carbons (Fsp3) is 0.440. The Kier molecular flexibility index (Phi) is 7.99. The predicted molar refractivity (Wildman–Crippen MR) is 133 cm³/mol. The molecule has 0 spiro atoms. The van der Waals surface area contributed by atoms with Crippen LogP contribution in [0.5, 0.6) is 0 Å². The second-order valence-electron chi connectivity index (χ2n) is 8.82. The number of benzene rings is 2. The predicted octanol–water partition coefficient (Wildman–Crippen LogP) is 2.15. The Morgan fingerprint density at radius 1 is 0.971 bits per heavy atom. The van der Waals surface area contributed by atoms with Crippen LogP contribution in [0.3, 0.4) is 0 Å². The summed E-state index contributed by atoms with van der Waals surface area (Å²) in [5.41, 5.74) is 6.41. The number of nitrogens with one attached hydrogen (secondary N) is 3. The Hall–Kier alpha value is -2.91. The van der Waals surface area contributed by atoms with Crippen LogP contribution in [0, 0.1) is 34.6 Å². The van der Waals surface area contributed by atoms with Crippen LogP contribution in [0.4, 0.5) is 5.69 Å². The van der Waals surface area contributed by atoms with Gasteiger partial charge >= 0.3 is 0 Å². The van der Waals surface area contributed by atoms with Crippen molar-refractivity contribution in [2.24, 2.45) is 0 Å². The summed E-state index contributed by atoms with van der Waals surface area (Å²) in [7, 11) is -3.73. The van der Waals surface area contributed by atoms with Crippen LogP contribution < -0.4 is 20.3 Å². The molecule has 2 aromatic rings. The fourth-order valence-electron chi connectivity index (χ4n) is 4.21. The van der Waals surface area contributed by atoms with E-state index in [4.69, 9.17) is 0 Å². The molecule has 0 aromatic heterocycles. The maximum Gasteiger partial charge on any atom is 0.241 e. The molecular formula is C25H34N4O4S. The van der Waals surface area contributed by atoms with Crippen molar-refractivity contribution in [2.75, 3.05) is 31.1 Å². The second kappa shape index (κ2) is 10.6. The maximum atomic E-state index is 13.0. The number of amides is 2. The van der Waals surface area contributed by atoms with Crippen molar-refractivity contribution >= 4 is 27.5 Å². The summed E-state index contributed by atoms with van der Waals surface area (Å²) in [5.74, 6) is -0.222. The molecule has 1 saturated heterocycles. The summed E-state index contributed by atoms with van der Waals surface area (Å²) >= 11 is 0. The lowest BCUT2D eigenvalue weighted by molar-refractivity contribution is -0.121. The summed E-state index contributed by atoms with van der Waals surface area (Å²) in [6.07, 6.45) is 0.0438. The van der Waals surface area contributed by atoms with Gasteiger partial charge in [0.15, 0.2) is 0 Å². The molecule has 0 aliphatic carbocycles. The number of anilines is 1. The number of sulfonamides is 1. The third-order valence-electron chi connectivity index (χ3n) is 6.67. The minimum atomic E-state index is -3.73. The van der Waals surface area contributed by atoms with Gasteiger partial charge in [-0.1, -0.05) is 12.1 Å². The van der Waals surface area contributed by atoms with Crippen molar-refractivity contribution in [1.29, 1.82) is 0 Å². The van der Waals surface area contributed by atoms with Crippen LogP contribution in [0.2, 0.25) is 0 Å². The van der Waals surface area contributed by atoms with Gasteiger partial charge in [-0.15, -0.1) is 0 Å². The lowest BCUT2D eigenvalue weighted by atomic mass is 9.95. The Labute approximate surface area is 202 Å². The number of nitrogens with zero attached hydrogens (tertiary/aromatic N) is 1. The first-order valence-electron chi connectivity index (χ1n) is 11.4. The third-order valence-corrected chi connectivity index (χ3v) is 8.41. The van der Waals surface area contributed by atoms with E-state index in [1.165, 1.54) is 0 Å². The van der Waals surface area contributed by atoms with E-state index in [0.29, 0.717) is 24.5 Å². The van der Waals surface area contributed by atoms with Gasteiger partial charge in [0.05, 0.1) is 11.4 Å². The summed E-state index contributed by atoms with van der Waals surface area (Å²) in [6, 6.07) is 7.70. The normalized spacial score (nSPS) is 14.1. The Bertz CT molecular complexity index is 1160. The molecule has 34 heavy (non-hydrogen) atoms. The minimum absolute atomic E-state index is 0.0104. The summed E-state index contributed by atoms with van der Waals surface area (Å²) in [5, 5.41) is 5.63. The highest BCUT2D eigenvalue weighted by Crippen LogP contribution is 2.29. The molecule has 2 aromatic carbocycles. The minimum Gasteiger partial charge on any atom is -0.360 e. The maximum absolute atomic E-state index is 13.0. The molecule has 1 fully saturated rings. The van der Waals surface area contributed by atoms with Crippen LogP contribution in [0.15, 0.2) is 29.2 Å². The molecular weight excluding hydrogens is 452 g/mol. The van der Waals surface area contributed by atoms with E-state index >= 15 is 0 Å². The molecule has 0 bridgehead atoms. The summed E-state index contributed by atoms with van der Waals surface area (Å²) in [4.78, 5) is 26.1. The van der Waals surface area contributed by atoms with Gasteiger partial charge in [-0.2, -0.15) is 0 Å². The van der Waals surface area contributed by atoms with Gasteiger partial charge in [0.25, 0.3) is 0 Å². The quantitative estimate of drug-likeness (QED) is 0.530. The second-order valence-corrected chi connectivity index (χ2v) is 10.5. The molecule has 184 valence electrons. The third kappa shape index (κ3) is 5.77. The molecule has 1 aliphatic rings. The van der Waals surface area contributed by atoms with Crippen LogP contribution in [0.1, 0.15) is 39.8 Å². The van der Waals surface area contributed by atoms with Gasteiger partial charge in [0.1, 0.15) is 0 Å². The van der Waals surface area contributed by atoms with E-state index in [-0.39, 0.29) is 24.8 Å². The first kappa shape index (κ1) is 25.7. The summed E-state index contributed by atoms with van der Waals surface area (Å²) < 4.78 is 28.5. The number of carbonyl (C=O) groups is 2. The molecule has 3 N–H and O–H groups in total. The number of hydrogen-bond donors (Lipinski definition) is 3. The average molecular weight is 487 g/mol. The van der Waals surface area contributed by atoms with Crippen LogP contribution in [-0.2, 0) is 26.2 Å². The lowest BCUT2D eigenvalue weighted by Gasteiger charge is -2.28. The standard InChI is InChI=1S/C25H34N4O4S/c1-16-17(2)19(4)25(20(5)18(16)3)34(32,33)28-11-10-23(30)27-14-21-6-8-22(9-7-21)29-13-12-26-24(31)15-29/h6-9,28H,10-15H2,1-5H3,(H,26,31)(H,27,30). The smallest absolute Gasteiger partial charge is 0.241 e. The monoisotopic (exact) mass is 486 g/mol. The Morgan fingerprint density at radius 3 is 2.15 bits per heavy atom. The molecule has 1 heterocycles. The molecule has 3 rings (SSSR count). The van der Waals surface area contributed by atoms with Crippen LogP contribution in [-0.4, -0.2) is 46.4 Å². The van der Waals surface area contributed by atoms with E-state index in [1.807, 2.05) is 63.8 Å². The van der Waals surface area contributed by atoms with E-state index < -0.39 is 10.0 Å². The Balaban J connectivity index is 1.52. The molecule has 0 radical (unpaired) electrons. The summed E-state index contributed by atoms with van der Waals surface area (Å²) in [6.45, 7) is 11.6. The highest BCUT2D eigenvalue weighted by molar-refractivity contribution is 7.89. The fourth-order valence-corrected chi connectivity index (χ4v) is 5.84. The van der Waals surface area contributed by atoms with Gasteiger partial charge in [0, 0.05) is 38.3 Å². The van der Waals surface area contributed by atoms with Crippen molar-refractivity contribution in [3.05, 3.63) is 57.6 Å². The van der Waals surface area contributed by atoms with Crippen molar-refractivity contribution in [2.45, 2.75) is 52.5 Å². The number of piperazine rings is 1. The van der Waals surface area contributed by atoms with Crippen LogP contribution >= 0.6 is 0 Å². The zero-order valence-electron chi connectivity index (χ0n) is 20.5. The van der Waals surface area contributed by atoms with Crippen molar-refractivity contribution < 1.29 is 18.0 Å². The highest BCUT2D eigenvalue weighted by atomic mass is 32.2. The van der Waals surface area contributed by atoms with Gasteiger partial charge < -0.3 is 15.5 Å². The zero-order valence-corrected chi connectivity index (χ0v) is 21.4. The Morgan fingerprint density at radius 2 is 1.56 bits per heavy atom. The number of carbonyl (C=O) groups excluding carboxylic acids is 2. The molecule has 0 unspecified atom stereocenters. The zero-order chi connectivity index (χ0) is 25.0. The van der Waals surface area contributed by atoms with Gasteiger partial charge in [-0.25, -0.2) is 13.1 Å². The van der Waals surface area contributed by atoms with Gasteiger partial charge in [0.2, 0.25) is 21.8 Å². The van der Waals surface area contributed by atoms with Crippen molar-refractivity contribution in [3.8, 4) is 0 Å². The van der Waals surface area contributed by atoms with Crippen molar-refractivity contribution in [1.82, 2.24) is 15.4 Å². The van der Waals surface area contributed by atoms with E-state index in [0.717, 1.165) is 45.6 Å². The number of rotatable bonds is 8. The average Bonchev–Trinajstić information content (AvgIpc) is 2.80. The van der Waals surface area contributed by atoms with Crippen molar-refractivity contribution in [3.63, 3.8) is 0 Å². The van der Waals surface area contributed by atoms with E-state index in [1.54, 1.807) is 0 Å². The first-order chi connectivity index (χ1) is 16.0. The topological polar surface area (TPSA) is 108 Å². The van der Waals surface area contributed by atoms with E-state index in [2.05, 4.69) is 15.4 Å². The highest BCUT2D eigenvalue weighted by Gasteiger charge is 2.23. The number of hydrogen-bond acceptors (Lipinski definition) is 5. The first-order valence-corrected chi connectivity index (χ1v) is 12.9. The van der Waals surface area contributed by atoms with Crippen LogP contribution in [0.25, 0.3) is 0 Å². The molecule has 0 saturated carbocycles. The van der Waals surface area contributed by atoms with Gasteiger partial charge in [-0.3, -0.25) is 9.59 Å². The molecule has 9 heteroatoms. The molecule has 0 atom stereocenters. The van der Waals surface area contributed by atoms with E-state index in [9.17, 15) is 18.0 Å². The van der Waals surface area contributed by atoms with Gasteiger partial charge in [-0.05, 0) is 80.1 Å². The molecule has 2 amide bonds. The largest absolute Gasteiger partial charge is 0.360 e. The SMILES string of the molecule is Cc1c(C)c(C)c(S(=O)(=O)NCCC(=O)NCc2ccc(N3CCNC(=O)C3)cc2)c(C)c1C. The molecule has 8 nitrogen and oxygen atoms in total. The lowest BCUT2D eigenvalue weighted by Crippen LogP contribution is -2.47.